The Labute approximate surface area is 166 Å². The number of fused-ring (bicyclic) bond motifs is 4. The number of hydrogen-bond acceptors (Lipinski definition) is 0. The highest BCUT2D eigenvalue weighted by molar-refractivity contribution is 5.25. The summed E-state index contributed by atoms with van der Waals surface area (Å²) in [5, 5.41) is 0. The first-order valence-electron chi connectivity index (χ1n) is 13.3. The van der Waals surface area contributed by atoms with Crippen molar-refractivity contribution >= 4 is 0 Å². The van der Waals surface area contributed by atoms with Crippen LogP contribution in [0.25, 0.3) is 0 Å². The van der Waals surface area contributed by atoms with Crippen LogP contribution in [0.2, 0.25) is 0 Å². The molecule has 12 unspecified atom stereocenters. The molecule has 0 spiro atoms. The summed E-state index contributed by atoms with van der Waals surface area (Å²) in [5.41, 5.74) is 0.787. The van der Waals surface area contributed by atoms with E-state index in [0.717, 1.165) is 5.41 Å². The predicted molar refractivity (Wildman–Crippen MR) is 109 cm³/mol. The molecule has 8 rings (SSSR count). The molecule has 0 aliphatic heterocycles. The van der Waals surface area contributed by atoms with Gasteiger partial charge in [0, 0.05) is 0 Å². The smallest absolute Gasteiger partial charge is 0.0224 e. The summed E-state index contributed by atoms with van der Waals surface area (Å²) >= 11 is 0. The largest absolute Gasteiger partial charge is 0.0588 e. The third kappa shape index (κ3) is 1.56. The summed E-state index contributed by atoms with van der Waals surface area (Å²) in [4.78, 5) is 0. The van der Waals surface area contributed by atoms with Gasteiger partial charge < -0.3 is 0 Å². The highest BCUT2D eigenvalue weighted by Crippen LogP contribution is 2.82. The van der Waals surface area contributed by atoms with Gasteiger partial charge in [-0.15, -0.1) is 0 Å². The molecule has 0 bridgehead atoms. The van der Waals surface area contributed by atoms with Crippen LogP contribution < -0.4 is 0 Å². The minimum Gasteiger partial charge on any atom is -0.0588 e. The Bertz CT molecular complexity index is 611. The summed E-state index contributed by atoms with van der Waals surface area (Å²) in [6.07, 6.45) is 19.5. The van der Waals surface area contributed by atoms with E-state index in [9.17, 15) is 0 Å². The van der Waals surface area contributed by atoms with Crippen LogP contribution in [-0.4, -0.2) is 0 Å². The lowest BCUT2D eigenvalue weighted by Crippen LogP contribution is -2.61. The third-order valence-electron chi connectivity index (χ3n) is 13.3. The lowest BCUT2D eigenvalue weighted by atomic mass is 9.39. The summed E-state index contributed by atoms with van der Waals surface area (Å²) in [5.74, 6) is 15.3. The van der Waals surface area contributed by atoms with E-state index in [-0.39, 0.29) is 0 Å². The minimum atomic E-state index is 0.787. The maximum Gasteiger partial charge on any atom is -0.0224 e. The van der Waals surface area contributed by atoms with Gasteiger partial charge in [-0.2, -0.15) is 0 Å². The first-order valence-corrected chi connectivity index (χ1v) is 13.3. The molecule has 0 saturated heterocycles. The topological polar surface area (TPSA) is 0 Å². The highest BCUT2D eigenvalue weighted by atomic mass is 14.8. The first-order chi connectivity index (χ1) is 13.3. The molecule has 148 valence electrons. The van der Waals surface area contributed by atoms with E-state index in [0.29, 0.717) is 0 Å². The van der Waals surface area contributed by atoms with E-state index in [4.69, 9.17) is 0 Å². The maximum absolute atomic E-state index is 2.95. The van der Waals surface area contributed by atoms with Crippen molar-refractivity contribution in [3.05, 3.63) is 0 Å². The van der Waals surface area contributed by atoms with Gasteiger partial charge in [-0.3, -0.25) is 0 Å². The SMILES string of the molecule is CC12C3C4CCCC3C3CCCC(C5CCCC6C7CCCC4C7C1C65)C32. The van der Waals surface area contributed by atoms with E-state index >= 15 is 0 Å². The Morgan fingerprint density at radius 2 is 0.704 bits per heavy atom. The standard InChI is InChI=1S/C27H40/c1-27-24-18-10-4-12-20(24)21-13-5-11-19(25(21)27)17-9-3-7-15-14-6-2-8-16(18)22(14)26(27)23(15)17/h14-26H,2-13H2,1H3. The molecule has 8 aliphatic carbocycles. The van der Waals surface area contributed by atoms with Gasteiger partial charge in [0.25, 0.3) is 0 Å². The van der Waals surface area contributed by atoms with Crippen molar-refractivity contribution in [3.63, 3.8) is 0 Å². The number of hydrogen-bond donors (Lipinski definition) is 0. The van der Waals surface area contributed by atoms with E-state index in [1.54, 1.807) is 77.0 Å². The Balaban J connectivity index is 1.40. The van der Waals surface area contributed by atoms with Crippen LogP contribution >= 0.6 is 0 Å². The summed E-state index contributed by atoms with van der Waals surface area (Å²) < 4.78 is 0. The van der Waals surface area contributed by atoms with Crippen molar-refractivity contribution in [3.8, 4) is 0 Å². The fourth-order valence-corrected chi connectivity index (χ4v) is 13.7. The van der Waals surface area contributed by atoms with Gasteiger partial charge in [0.2, 0.25) is 0 Å². The van der Waals surface area contributed by atoms with Crippen LogP contribution in [0.1, 0.15) is 84.0 Å². The Morgan fingerprint density at radius 3 is 1.11 bits per heavy atom. The fourth-order valence-electron chi connectivity index (χ4n) is 13.7. The van der Waals surface area contributed by atoms with Crippen molar-refractivity contribution in [2.24, 2.45) is 82.3 Å². The van der Waals surface area contributed by atoms with Gasteiger partial charge in [0.05, 0.1) is 0 Å². The van der Waals surface area contributed by atoms with Crippen LogP contribution in [-0.2, 0) is 0 Å². The average Bonchev–Trinajstić information content (AvgIpc) is 3.20. The molecule has 0 heteroatoms. The first kappa shape index (κ1) is 15.8. The molecule has 0 heterocycles. The van der Waals surface area contributed by atoms with E-state index < -0.39 is 0 Å². The van der Waals surface area contributed by atoms with Crippen molar-refractivity contribution in [1.82, 2.24) is 0 Å². The predicted octanol–water partition coefficient (Wildman–Crippen LogP) is 6.79. The molecular weight excluding hydrogens is 324 g/mol. The van der Waals surface area contributed by atoms with Crippen LogP contribution in [0.5, 0.6) is 0 Å². The van der Waals surface area contributed by atoms with Crippen LogP contribution in [0.3, 0.4) is 0 Å². The Hall–Kier alpha value is 0. The molecule has 0 aromatic carbocycles. The van der Waals surface area contributed by atoms with Crippen molar-refractivity contribution < 1.29 is 0 Å². The van der Waals surface area contributed by atoms with Gasteiger partial charge in [-0.05, 0) is 134 Å². The molecule has 0 amide bonds. The second kappa shape index (κ2) is 5.00. The normalized spacial score (nSPS) is 69.9. The second-order valence-electron chi connectivity index (χ2n) is 13.1. The maximum atomic E-state index is 2.95. The Kier molecular flexibility index (Phi) is 2.92. The lowest BCUT2D eigenvalue weighted by Gasteiger charge is -2.66. The molecule has 0 aromatic heterocycles. The van der Waals surface area contributed by atoms with Gasteiger partial charge >= 0.3 is 0 Å². The molecule has 0 aromatic rings. The molecule has 8 aliphatic rings. The molecule has 12 atom stereocenters. The van der Waals surface area contributed by atoms with Gasteiger partial charge in [0.1, 0.15) is 0 Å². The minimum absolute atomic E-state index is 0.787. The molecule has 0 nitrogen and oxygen atoms in total. The summed E-state index contributed by atoms with van der Waals surface area (Å²) in [6, 6.07) is 0. The van der Waals surface area contributed by atoms with E-state index in [2.05, 4.69) is 6.92 Å². The molecule has 0 N–H and O–H groups in total. The monoisotopic (exact) mass is 364 g/mol. The average molecular weight is 365 g/mol. The molecule has 8 fully saturated rings. The van der Waals surface area contributed by atoms with Crippen molar-refractivity contribution in [2.75, 3.05) is 0 Å². The third-order valence-corrected chi connectivity index (χ3v) is 13.3. The van der Waals surface area contributed by atoms with E-state index in [1.165, 1.54) is 76.9 Å². The zero-order chi connectivity index (χ0) is 17.5. The Morgan fingerprint density at radius 1 is 0.407 bits per heavy atom. The van der Waals surface area contributed by atoms with Gasteiger partial charge in [-0.1, -0.05) is 32.6 Å². The van der Waals surface area contributed by atoms with Crippen LogP contribution in [0.15, 0.2) is 0 Å². The van der Waals surface area contributed by atoms with Crippen molar-refractivity contribution in [2.45, 2.75) is 84.0 Å². The fraction of sp³-hybridized carbons (Fsp3) is 1.00. The van der Waals surface area contributed by atoms with Gasteiger partial charge in [0.15, 0.2) is 0 Å². The number of rotatable bonds is 0. The van der Waals surface area contributed by atoms with Crippen molar-refractivity contribution in [1.29, 1.82) is 0 Å². The zero-order valence-corrected chi connectivity index (χ0v) is 17.5. The zero-order valence-electron chi connectivity index (χ0n) is 17.5. The molecular formula is C27H40. The lowest BCUT2D eigenvalue weighted by molar-refractivity contribution is -0.183. The molecule has 27 heavy (non-hydrogen) atoms. The van der Waals surface area contributed by atoms with E-state index in [1.807, 2.05) is 0 Å². The van der Waals surface area contributed by atoms with Crippen LogP contribution in [0, 0.1) is 82.3 Å². The van der Waals surface area contributed by atoms with Gasteiger partial charge in [-0.25, -0.2) is 0 Å². The summed E-state index contributed by atoms with van der Waals surface area (Å²) in [7, 11) is 0. The quantitative estimate of drug-likeness (QED) is 0.444. The molecule has 8 saturated carbocycles. The summed E-state index contributed by atoms with van der Waals surface area (Å²) in [6.45, 7) is 2.95. The highest BCUT2D eigenvalue weighted by Gasteiger charge is 2.77. The second-order valence-corrected chi connectivity index (χ2v) is 13.1. The molecule has 0 radical (unpaired) electrons. The van der Waals surface area contributed by atoms with Crippen LogP contribution in [0.4, 0.5) is 0 Å².